The highest BCUT2D eigenvalue weighted by atomic mass is 35.5. The van der Waals surface area contributed by atoms with Crippen molar-refractivity contribution >= 4 is 40.1 Å². The second kappa shape index (κ2) is 7.67. The van der Waals surface area contributed by atoms with Crippen molar-refractivity contribution in [2.24, 2.45) is 5.92 Å². The van der Waals surface area contributed by atoms with Crippen LogP contribution in [-0.4, -0.2) is 29.0 Å². The van der Waals surface area contributed by atoms with E-state index in [2.05, 4.69) is 15.2 Å². The maximum absolute atomic E-state index is 13.0. The summed E-state index contributed by atoms with van der Waals surface area (Å²) in [5, 5.41) is 4.61. The Labute approximate surface area is 175 Å². The number of aromatic nitrogens is 2. The lowest BCUT2D eigenvalue weighted by molar-refractivity contribution is -0.120. The molecule has 152 valence electrons. The maximum atomic E-state index is 13.0. The number of carbonyl (C=O) groups excluding carboxylic acids is 1. The largest absolute Gasteiger partial charge is 0.443 e. The lowest BCUT2D eigenvalue weighted by Gasteiger charge is -2.33. The number of hydrogen-bond donors (Lipinski definition) is 1. The average Bonchev–Trinajstić information content (AvgIpc) is 2.97. The number of anilines is 2. The van der Waals surface area contributed by atoms with Crippen LogP contribution in [0, 0.1) is 33.6 Å². The molecule has 1 aliphatic rings. The number of nitrogens with zero attached hydrogens (tertiary/aromatic N) is 3. The molecular formula is C22H25ClN4O2. The van der Waals surface area contributed by atoms with E-state index in [0.717, 1.165) is 53.2 Å². The van der Waals surface area contributed by atoms with Crippen LogP contribution >= 0.6 is 11.6 Å². The van der Waals surface area contributed by atoms with Crippen molar-refractivity contribution in [3.63, 3.8) is 0 Å². The quantitative estimate of drug-likeness (QED) is 0.657. The molecule has 1 N–H and O–H groups in total. The average molecular weight is 413 g/mol. The highest BCUT2D eigenvalue weighted by molar-refractivity contribution is 6.31. The number of piperidine rings is 1. The minimum atomic E-state index is -0.124. The molecule has 0 spiro atoms. The van der Waals surface area contributed by atoms with Crippen LogP contribution in [0.1, 0.15) is 35.6 Å². The third-order valence-corrected chi connectivity index (χ3v) is 5.91. The maximum Gasteiger partial charge on any atom is 0.231 e. The first-order valence-corrected chi connectivity index (χ1v) is 10.3. The predicted molar refractivity (Wildman–Crippen MR) is 116 cm³/mol. The number of furan rings is 1. The summed E-state index contributed by atoms with van der Waals surface area (Å²) < 4.78 is 5.82. The van der Waals surface area contributed by atoms with Gasteiger partial charge in [0.1, 0.15) is 17.4 Å². The summed E-state index contributed by atoms with van der Waals surface area (Å²) in [6, 6.07) is 5.53. The molecule has 3 aromatic rings. The molecule has 1 amide bonds. The van der Waals surface area contributed by atoms with E-state index >= 15 is 0 Å². The van der Waals surface area contributed by atoms with Gasteiger partial charge in [-0.25, -0.2) is 4.98 Å². The van der Waals surface area contributed by atoms with Crippen LogP contribution in [-0.2, 0) is 4.79 Å². The molecule has 1 aromatic carbocycles. The Morgan fingerprint density at radius 2 is 2.03 bits per heavy atom. The summed E-state index contributed by atoms with van der Waals surface area (Å²) in [6.45, 7) is 9.26. The van der Waals surface area contributed by atoms with Crippen LogP contribution in [0.25, 0.3) is 11.1 Å². The lowest BCUT2D eigenvalue weighted by Crippen LogP contribution is -2.41. The molecule has 6 nitrogen and oxygen atoms in total. The van der Waals surface area contributed by atoms with Gasteiger partial charge in [-0.2, -0.15) is 4.98 Å². The van der Waals surface area contributed by atoms with E-state index in [-0.39, 0.29) is 11.8 Å². The van der Waals surface area contributed by atoms with Gasteiger partial charge >= 0.3 is 0 Å². The Bertz CT molecular complexity index is 1090. The van der Waals surface area contributed by atoms with E-state index in [4.69, 9.17) is 21.0 Å². The molecule has 1 fully saturated rings. The highest BCUT2D eigenvalue weighted by Gasteiger charge is 2.29. The number of benzene rings is 1. The minimum Gasteiger partial charge on any atom is -0.443 e. The summed E-state index contributed by atoms with van der Waals surface area (Å²) in [4.78, 5) is 24.3. The molecule has 1 atom stereocenters. The molecule has 0 unspecified atom stereocenters. The van der Waals surface area contributed by atoms with Crippen molar-refractivity contribution < 1.29 is 9.21 Å². The molecule has 0 bridgehead atoms. The van der Waals surface area contributed by atoms with E-state index in [1.165, 1.54) is 0 Å². The Morgan fingerprint density at radius 1 is 1.24 bits per heavy atom. The molecule has 7 heteroatoms. The first-order valence-electron chi connectivity index (χ1n) is 9.90. The first-order chi connectivity index (χ1) is 13.8. The van der Waals surface area contributed by atoms with Gasteiger partial charge in [-0.3, -0.25) is 4.79 Å². The van der Waals surface area contributed by atoms with Crippen molar-refractivity contribution in [3.8, 4) is 0 Å². The normalized spacial score (nSPS) is 17.0. The molecule has 4 rings (SSSR count). The standard InChI is InChI=1S/C22H25ClN4O2/c1-12-7-8-17(23)10-18(12)26-21(28)16-6-5-9-27(11-16)20-19-13(2)14(3)29-22(19)25-15(4)24-20/h7-8,10,16H,5-6,9,11H2,1-4H3,(H,26,28)/t16-/m1/s1. The van der Waals surface area contributed by atoms with Crippen molar-refractivity contribution in [2.75, 3.05) is 23.3 Å². The Balaban J connectivity index is 1.60. The van der Waals surface area contributed by atoms with Gasteiger partial charge in [-0.15, -0.1) is 0 Å². The molecule has 3 heterocycles. The zero-order valence-corrected chi connectivity index (χ0v) is 17.9. The molecule has 29 heavy (non-hydrogen) atoms. The number of aryl methyl sites for hydroxylation is 4. The van der Waals surface area contributed by atoms with Gasteiger partial charge in [0.2, 0.25) is 11.6 Å². The summed E-state index contributed by atoms with van der Waals surface area (Å²) in [5.41, 5.74) is 3.42. The smallest absolute Gasteiger partial charge is 0.231 e. The van der Waals surface area contributed by atoms with Crippen molar-refractivity contribution in [1.29, 1.82) is 0 Å². The van der Waals surface area contributed by atoms with Crippen LogP contribution in [0.4, 0.5) is 11.5 Å². The Morgan fingerprint density at radius 3 is 2.83 bits per heavy atom. The van der Waals surface area contributed by atoms with E-state index in [9.17, 15) is 4.79 Å². The zero-order valence-electron chi connectivity index (χ0n) is 17.2. The molecule has 0 aliphatic carbocycles. The predicted octanol–water partition coefficient (Wildman–Crippen LogP) is 4.96. The van der Waals surface area contributed by atoms with Gasteiger partial charge in [-0.1, -0.05) is 17.7 Å². The second-order valence-electron chi connectivity index (χ2n) is 7.79. The van der Waals surface area contributed by atoms with Crippen LogP contribution in [0.3, 0.4) is 0 Å². The summed E-state index contributed by atoms with van der Waals surface area (Å²) >= 11 is 6.09. The zero-order chi connectivity index (χ0) is 20.7. The molecule has 0 saturated carbocycles. The van der Waals surface area contributed by atoms with Crippen LogP contribution in [0.5, 0.6) is 0 Å². The van der Waals surface area contributed by atoms with Crippen molar-refractivity contribution in [1.82, 2.24) is 9.97 Å². The van der Waals surface area contributed by atoms with Crippen LogP contribution in [0.15, 0.2) is 22.6 Å². The number of hydrogen-bond acceptors (Lipinski definition) is 5. The summed E-state index contributed by atoms with van der Waals surface area (Å²) in [6.07, 6.45) is 1.77. The fourth-order valence-electron chi connectivity index (χ4n) is 3.91. The van der Waals surface area contributed by atoms with Crippen molar-refractivity contribution in [2.45, 2.75) is 40.5 Å². The Kier molecular flexibility index (Phi) is 5.21. The molecule has 2 aromatic heterocycles. The van der Waals surface area contributed by atoms with Crippen LogP contribution in [0.2, 0.25) is 5.02 Å². The SMILES string of the molecule is Cc1nc(N2CCC[C@@H](C(=O)Nc3cc(Cl)ccc3C)C2)c2c(C)c(C)oc2n1. The molecule has 1 aliphatic heterocycles. The number of halogens is 1. The second-order valence-corrected chi connectivity index (χ2v) is 8.23. The fraction of sp³-hybridized carbons (Fsp3) is 0.409. The van der Waals surface area contributed by atoms with Gasteiger partial charge in [0, 0.05) is 29.4 Å². The van der Waals surface area contributed by atoms with E-state index in [1.807, 2.05) is 39.8 Å². The minimum absolute atomic E-state index is 0.0159. The molecule has 1 saturated heterocycles. The molecule has 0 radical (unpaired) electrons. The number of nitrogens with one attached hydrogen (secondary N) is 1. The number of rotatable bonds is 3. The van der Waals surface area contributed by atoms with Crippen LogP contribution < -0.4 is 10.2 Å². The number of carbonyl (C=O) groups is 1. The van der Waals surface area contributed by atoms with E-state index in [1.54, 1.807) is 6.07 Å². The van der Waals surface area contributed by atoms with Gasteiger partial charge in [0.25, 0.3) is 0 Å². The van der Waals surface area contributed by atoms with E-state index in [0.29, 0.717) is 23.1 Å². The lowest BCUT2D eigenvalue weighted by atomic mass is 9.96. The van der Waals surface area contributed by atoms with Gasteiger partial charge < -0.3 is 14.6 Å². The van der Waals surface area contributed by atoms with Crippen molar-refractivity contribution in [3.05, 3.63) is 45.9 Å². The van der Waals surface area contributed by atoms with Gasteiger partial charge in [-0.05, 0) is 58.2 Å². The number of fused-ring (bicyclic) bond motifs is 1. The van der Waals surface area contributed by atoms with Gasteiger partial charge in [0.05, 0.1) is 11.3 Å². The third kappa shape index (κ3) is 3.81. The molecular weight excluding hydrogens is 388 g/mol. The highest BCUT2D eigenvalue weighted by Crippen LogP contribution is 2.33. The Hall–Kier alpha value is -2.60. The first kappa shape index (κ1) is 19.7. The van der Waals surface area contributed by atoms with Gasteiger partial charge in [0.15, 0.2) is 0 Å². The third-order valence-electron chi connectivity index (χ3n) is 5.67. The topological polar surface area (TPSA) is 71.3 Å². The van der Waals surface area contributed by atoms with E-state index < -0.39 is 0 Å². The monoisotopic (exact) mass is 412 g/mol. The fourth-order valence-corrected chi connectivity index (χ4v) is 4.08. The summed E-state index contributed by atoms with van der Waals surface area (Å²) in [5.74, 6) is 2.27. The number of amides is 1. The summed E-state index contributed by atoms with van der Waals surface area (Å²) in [7, 11) is 0.